The summed E-state index contributed by atoms with van der Waals surface area (Å²) < 4.78 is 1.45. The third kappa shape index (κ3) is 4.58. The predicted molar refractivity (Wildman–Crippen MR) is 80.1 cm³/mol. The van der Waals surface area contributed by atoms with Crippen molar-refractivity contribution in [3.05, 3.63) is 32.6 Å². The molecule has 0 aliphatic heterocycles. The smallest absolute Gasteiger partial charge is 0.328 e. The van der Waals surface area contributed by atoms with Gasteiger partial charge in [-0.05, 0) is 32.6 Å². The Bertz CT molecular complexity index is 611. The topological polar surface area (TPSA) is 84.0 Å². The van der Waals surface area contributed by atoms with Crippen LogP contribution in [0.4, 0.5) is 0 Å². The second-order valence-electron chi connectivity index (χ2n) is 6.03. The molecule has 1 saturated carbocycles. The van der Waals surface area contributed by atoms with Crippen molar-refractivity contribution in [3.8, 4) is 0 Å². The molecule has 1 aromatic heterocycles. The highest BCUT2D eigenvalue weighted by molar-refractivity contribution is 5.75. The van der Waals surface area contributed by atoms with E-state index in [0.29, 0.717) is 12.0 Å². The van der Waals surface area contributed by atoms with Crippen LogP contribution in [0.25, 0.3) is 0 Å². The van der Waals surface area contributed by atoms with Gasteiger partial charge in [0, 0.05) is 25.2 Å². The highest BCUT2D eigenvalue weighted by atomic mass is 16.2. The Balaban J connectivity index is 1.89. The van der Waals surface area contributed by atoms with Gasteiger partial charge >= 0.3 is 5.69 Å². The average Bonchev–Trinajstić information content (AvgIpc) is 3.21. The van der Waals surface area contributed by atoms with E-state index in [2.05, 4.69) is 10.3 Å². The summed E-state index contributed by atoms with van der Waals surface area (Å²) in [6, 6.07) is -0.0395. The summed E-state index contributed by atoms with van der Waals surface area (Å²) in [7, 11) is 0. The fourth-order valence-electron chi connectivity index (χ4n) is 2.28. The minimum atomic E-state index is -0.435. The monoisotopic (exact) mass is 293 g/mol. The van der Waals surface area contributed by atoms with E-state index in [4.69, 9.17) is 0 Å². The molecule has 2 rings (SSSR count). The lowest BCUT2D eigenvalue weighted by Gasteiger charge is -2.11. The second kappa shape index (κ2) is 6.74. The van der Waals surface area contributed by atoms with Gasteiger partial charge in [0.25, 0.3) is 5.56 Å². The Hall–Kier alpha value is -1.85. The Morgan fingerprint density at radius 1 is 1.43 bits per heavy atom. The molecule has 0 radical (unpaired) electrons. The quantitative estimate of drug-likeness (QED) is 0.795. The highest BCUT2D eigenvalue weighted by Gasteiger charge is 2.20. The molecule has 1 heterocycles. The number of H-pyrrole nitrogens is 1. The molecule has 1 fully saturated rings. The SMILES string of the molecule is CC(C)n1cc(CNC(=O)CCCC2CC2)c(=O)[nH]c1=O. The van der Waals surface area contributed by atoms with E-state index in [9.17, 15) is 14.4 Å². The lowest BCUT2D eigenvalue weighted by Crippen LogP contribution is -2.35. The first-order valence-corrected chi connectivity index (χ1v) is 7.58. The zero-order valence-electron chi connectivity index (χ0n) is 12.6. The maximum atomic E-state index is 11.7. The largest absolute Gasteiger partial charge is 0.352 e. The van der Waals surface area contributed by atoms with Crippen LogP contribution in [0.15, 0.2) is 15.8 Å². The van der Waals surface area contributed by atoms with Gasteiger partial charge < -0.3 is 5.32 Å². The van der Waals surface area contributed by atoms with Crippen LogP contribution in [-0.2, 0) is 11.3 Å². The normalized spacial score (nSPS) is 14.4. The highest BCUT2D eigenvalue weighted by Crippen LogP contribution is 2.33. The molecule has 1 amide bonds. The number of aromatic amines is 1. The molecule has 0 aromatic carbocycles. The molecule has 1 aliphatic carbocycles. The lowest BCUT2D eigenvalue weighted by molar-refractivity contribution is -0.121. The molecule has 0 spiro atoms. The van der Waals surface area contributed by atoms with E-state index >= 15 is 0 Å². The molecule has 0 saturated heterocycles. The number of amides is 1. The minimum Gasteiger partial charge on any atom is -0.352 e. The Morgan fingerprint density at radius 2 is 2.14 bits per heavy atom. The van der Waals surface area contributed by atoms with Crippen molar-refractivity contribution >= 4 is 5.91 Å². The third-order valence-electron chi connectivity index (χ3n) is 3.79. The molecule has 1 aliphatic rings. The van der Waals surface area contributed by atoms with Crippen LogP contribution in [0.5, 0.6) is 0 Å². The van der Waals surface area contributed by atoms with Gasteiger partial charge in [-0.25, -0.2) is 4.79 Å². The number of nitrogens with zero attached hydrogens (tertiary/aromatic N) is 1. The van der Waals surface area contributed by atoms with E-state index in [0.717, 1.165) is 18.8 Å². The number of carbonyl (C=O) groups is 1. The molecular formula is C15H23N3O3. The van der Waals surface area contributed by atoms with Crippen molar-refractivity contribution in [3.63, 3.8) is 0 Å². The molecule has 0 unspecified atom stereocenters. The van der Waals surface area contributed by atoms with E-state index in [1.54, 1.807) is 0 Å². The lowest BCUT2D eigenvalue weighted by atomic mass is 10.1. The average molecular weight is 293 g/mol. The molecule has 6 heteroatoms. The maximum Gasteiger partial charge on any atom is 0.328 e. The first-order chi connectivity index (χ1) is 9.97. The summed E-state index contributed by atoms with van der Waals surface area (Å²) in [5.41, 5.74) is -0.455. The van der Waals surface area contributed by atoms with Crippen molar-refractivity contribution in [1.82, 2.24) is 14.9 Å². The Morgan fingerprint density at radius 3 is 2.76 bits per heavy atom. The van der Waals surface area contributed by atoms with Gasteiger partial charge in [-0.3, -0.25) is 19.1 Å². The van der Waals surface area contributed by atoms with Crippen LogP contribution >= 0.6 is 0 Å². The van der Waals surface area contributed by atoms with Crippen molar-refractivity contribution in [2.45, 2.75) is 58.5 Å². The molecule has 1 aromatic rings. The number of nitrogens with one attached hydrogen (secondary N) is 2. The van der Waals surface area contributed by atoms with Gasteiger partial charge in [0.05, 0.1) is 5.56 Å². The fourth-order valence-corrected chi connectivity index (χ4v) is 2.28. The van der Waals surface area contributed by atoms with Crippen molar-refractivity contribution in [2.24, 2.45) is 5.92 Å². The Labute approximate surface area is 123 Å². The predicted octanol–water partition coefficient (Wildman–Crippen LogP) is 1.31. The zero-order chi connectivity index (χ0) is 15.4. The molecule has 0 bridgehead atoms. The standard InChI is InChI=1S/C15H23N3O3/c1-10(2)18-9-12(14(20)17-15(18)21)8-16-13(19)5-3-4-11-6-7-11/h9-11H,3-8H2,1-2H3,(H,16,19)(H,17,20,21). The van der Waals surface area contributed by atoms with Gasteiger partial charge in [0.1, 0.15) is 0 Å². The van der Waals surface area contributed by atoms with Gasteiger partial charge in [-0.2, -0.15) is 0 Å². The molecule has 21 heavy (non-hydrogen) atoms. The number of hydrogen-bond donors (Lipinski definition) is 2. The van der Waals surface area contributed by atoms with Gasteiger partial charge in [-0.1, -0.05) is 12.8 Å². The van der Waals surface area contributed by atoms with Crippen molar-refractivity contribution < 1.29 is 4.79 Å². The minimum absolute atomic E-state index is 0.0395. The maximum absolute atomic E-state index is 11.7. The van der Waals surface area contributed by atoms with Crippen molar-refractivity contribution in [2.75, 3.05) is 0 Å². The van der Waals surface area contributed by atoms with E-state index in [1.807, 2.05) is 13.8 Å². The number of rotatable bonds is 7. The van der Waals surface area contributed by atoms with Crippen LogP contribution in [0.2, 0.25) is 0 Å². The van der Waals surface area contributed by atoms with Crippen LogP contribution in [0, 0.1) is 5.92 Å². The number of aromatic nitrogens is 2. The van der Waals surface area contributed by atoms with E-state index in [1.165, 1.54) is 23.6 Å². The molecule has 116 valence electrons. The summed E-state index contributed by atoms with van der Waals surface area (Å²) in [5, 5.41) is 2.75. The molecular weight excluding hydrogens is 270 g/mol. The fraction of sp³-hybridized carbons (Fsp3) is 0.667. The van der Waals surface area contributed by atoms with Crippen LogP contribution in [0.3, 0.4) is 0 Å². The van der Waals surface area contributed by atoms with E-state index in [-0.39, 0.29) is 18.5 Å². The van der Waals surface area contributed by atoms with Gasteiger partial charge in [0.15, 0.2) is 0 Å². The number of hydrogen-bond acceptors (Lipinski definition) is 3. The van der Waals surface area contributed by atoms with Crippen LogP contribution < -0.4 is 16.6 Å². The number of carbonyl (C=O) groups excluding carboxylic acids is 1. The summed E-state index contributed by atoms with van der Waals surface area (Å²) in [5.74, 6) is 0.785. The second-order valence-corrected chi connectivity index (χ2v) is 6.03. The van der Waals surface area contributed by atoms with E-state index < -0.39 is 11.2 Å². The van der Waals surface area contributed by atoms with Crippen molar-refractivity contribution in [1.29, 1.82) is 0 Å². The molecule has 6 nitrogen and oxygen atoms in total. The molecule has 2 N–H and O–H groups in total. The summed E-state index contributed by atoms with van der Waals surface area (Å²) in [6.45, 7) is 3.88. The third-order valence-corrected chi connectivity index (χ3v) is 3.79. The summed E-state index contributed by atoms with van der Waals surface area (Å²) in [4.78, 5) is 37.3. The summed E-state index contributed by atoms with van der Waals surface area (Å²) >= 11 is 0. The van der Waals surface area contributed by atoms with Gasteiger partial charge in [0.2, 0.25) is 5.91 Å². The molecule has 0 atom stereocenters. The first kappa shape index (κ1) is 15.5. The van der Waals surface area contributed by atoms with Crippen LogP contribution in [0.1, 0.15) is 57.6 Å². The Kier molecular flexibility index (Phi) is 4.98. The van der Waals surface area contributed by atoms with Gasteiger partial charge in [-0.15, -0.1) is 0 Å². The first-order valence-electron chi connectivity index (χ1n) is 7.58. The van der Waals surface area contributed by atoms with Crippen LogP contribution in [-0.4, -0.2) is 15.5 Å². The summed E-state index contributed by atoms with van der Waals surface area (Å²) in [6.07, 6.45) is 6.64. The zero-order valence-corrected chi connectivity index (χ0v) is 12.6.